The first-order valence-corrected chi connectivity index (χ1v) is 12.7. The second-order valence-electron chi connectivity index (χ2n) is 9.42. The highest BCUT2D eigenvalue weighted by Crippen LogP contribution is 2.47. The summed E-state index contributed by atoms with van der Waals surface area (Å²) in [6, 6.07) is 12.5. The van der Waals surface area contributed by atoms with Gasteiger partial charge in [-0.25, -0.2) is 4.98 Å². The zero-order valence-corrected chi connectivity index (χ0v) is 21.2. The lowest BCUT2D eigenvalue weighted by atomic mass is 9.77. The van der Waals surface area contributed by atoms with Crippen LogP contribution in [0.2, 0.25) is 0 Å². The predicted molar refractivity (Wildman–Crippen MR) is 139 cm³/mol. The molecule has 0 bridgehead atoms. The number of hydrogen-bond donors (Lipinski definition) is 2. The van der Waals surface area contributed by atoms with Crippen molar-refractivity contribution < 1.29 is 18.7 Å². The average molecular weight is 504 g/mol. The van der Waals surface area contributed by atoms with Crippen LogP contribution in [0.3, 0.4) is 0 Å². The van der Waals surface area contributed by atoms with Crippen molar-refractivity contribution in [1.29, 1.82) is 0 Å². The first-order chi connectivity index (χ1) is 17.9. The highest BCUT2D eigenvalue weighted by Gasteiger charge is 2.47. The van der Waals surface area contributed by atoms with Crippen LogP contribution in [0.4, 0.5) is 21.7 Å². The van der Waals surface area contributed by atoms with Crippen molar-refractivity contribution in [3.63, 3.8) is 0 Å². The number of carbonyl (C=O) groups is 2. The van der Waals surface area contributed by atoms with E-state index in [0.29, 0.717) is 36.4 Å². The lowest BCUT2D eigenvalue weighted by Crippen LogP contribution is -2.39. The number of hydrogen-bond acceptors (Lipinski definition) is 6. The highest BCUT2D eigenvalue weighted by molar-refractivity contribution is 6.08. The van der Waals surface area contributed by atoms with Crippen LogP contribution in [0.1, 0.15) is 62.4 Å². The summed E-state index contributed by atoms with van der Waals surface area (Å²) in [4.78, 5) is 35.5. The van der Waals surface area contributed by atoms with Gasteiger partial charge in [0.25, 0.3) is 11.8 Å². The van der Waals surface area contributed by atoms with E-state index in [0.717, 1.165) is 30.3 Å². The van der Waals surface area contributed by atoms with Crippen molar-refractivity contribution in [2.24, 2.45) is 0 Å². The summed E-state index contributed by atoms with van der Waals surface area (Å²) in [6.07, 6.45) is 4.45. The summed E-state index contributed by atoms with van der Waals surface area (Å²) in [6.45, 7) is 6.64. The van der Waals surface area contributed by atoms with Gasteiger partial charge in [-0.2, -0.15) is 9.37 Å². The van der Waals surface area contributed by atoms with E-state index in [4.69, 9.17) is 4.74 Å². The quantitative estimate of drug-likeness (QED) is 0.402. The maximum Gasteiger partial charge on any atom is 0.260 e. The van der Waals surface area contributed by atoms with Crippen LogP contribution in [0.25, 0.3) is 0 Å². The van der Waals surface area contributed by atoms with Gasteiger partial charge in [0.05, 0.1) is 11.6 Å². The molecule has 1 aromatic heterocycles. The summed E-state index contributed by atoms with van der Waals surface area (Å²) in [5.41, 5.74) is 2.53. The Kier molecular flexibility index (Phi) is 6.54. The molecule has 1 saturated carbocycles. The highest BCUT2D eigenvalue weighted by atomic mass is 19.1. The molecule has 1 fully saturated rings. The predicted octanol–water partition coefficient (Wildman–Crippen LogP) is 5.47. The van der Waals surface area contributed by atoms with Crippen LogP contribution in [0, 0.1) is 5.82 Å². The molecule has 2 N–H and O–H groups in total. The first-order valence-electron chi connectivity index (χ1n) is 12.7. The third kappa shape index (κ3) is 4.61. The van der Waals surface area contributed by atoms with Gasteiger partial charge < -0.3 is 20.3 Å². The van der Waals surface area contributed by atoms with Crippen molar-refractivity contribution >= 4 is 29.1 Å². The van der Waals surface area contributed by atoms with E-state index in [1.807, 2.05) is 43.9 Å². The number of halogens is 1. The largest absolute Gasteiger partial charge is 0.436 e. The summed E-state index contributed by atoms with van der Waals surface area (Å²) < 4.78 is 20.1. The van der Waals surface area contributed by atoms with E-state index in [1.165, 1.54) is 0 Å². The molecule has 0 spiro atoms. The molecule has 2 heterocycles. The van der Waals surface area contributed by atoms with E-state index in [2.05, 4.69) is 20.6 Å². The molecule has 192 valence electrons. The Morgan fingerprint density at radius 2 is 1.86 bits per heavy atom. The molecule has 9 heteroatoms. The van der Waals surface area contributed by atoms with Gasteiger partial charge in [-0.1, -0.05) is 13.8 Å². The smallest absolute Gasteiger partial charge is 0.260 e. The molecule has 8 nitrogen and oxygen atoms in total. The fourth-order valence-corrected chi connectivity index (χ4v) is 4.86. The normalized spacial score (nSPS) is 15.9. The second kappa shape index (κ2) is 9.80. The van der Waals surface area contributed by atoms with Crippen LogP contribution in [0.5, 0.6) is 11.6 Å². The number of ether oxygens (including phenoxy) is 1. The molecule has 2 aromatic carbocycles. The van der Waals surface area contributed by atoms with Crippen molar-refractivity contribution in [3.05, 3.63) is 65.6 Å². The number of anilines is 3. The van der Waals surface area contributed by atoms with Gasteiger partial charge in [-0.15, -0.1) is 0 Å². The Morgan fingerprint density at radius 3 is 2.51 bits per heavy atom. The zero-order chi connectivity index (χ0) is 26.2. The van der Waals surface area contributed by atoms with Crippen LogP contribution >= 0.6 is 0 Å². The van der Waals surface area contributed by atoms with E-state index in [1.54, 1.807) is 24.3 Å². The Hall–Kier alpha value is -4.01. The number of fused-ring (bicyclic) bond motifs is 1. The molecule has 1 aliphatic carbocycles. The van der Waals surface area contributed by atoms with Crippen LogP contribution in [0.15, 0.2) is 48.7 Å². The first kappa shape index (κ1) is 24.7. The Bertz CT molecular complexity index is 1340. The molecule has 0 unspecified atom stereocenters. The Balaban J connectivity index is 1.35. The van der Waals surface area contributed by atoms with Gasteiger partial charge in [0.2, 0.25) is 17.7 Å². The van der Waals surface area contributed by atoms with Crippen LogP contribution < -0.4 is 20.3 Å². The molecule has 2 amide bonds. The minimum absolute atomic E-state index is 0.122. The number of likely N-dealkylation sites (N-methyl/N-ethyl adjacent to an activating group) is 1. The monoisotopic (exact) mass is 503 g/mol. The topological polar surface area (TPSA) is 96.5 Å². The molecule has 0 radical (unpaired) electrons. The van der Waals surface area contributed by atoms with Gasteiger partial charge in [-0.05, 0) is 80.6 Å². The van der Waals surface area contributed by atoms with Gasteiger partial charge >= 0.3 is 0 Å². The van der Waals surface area contributed by atoms with Crippen molar-refractivity contribution in [2.45, 2.75) is 57.9 Å². The second-order valence-corrected chi connectivity index (χ2v) is 9.42. The summed E-state index contributed by atoms with van der Waals surface area (Å²) in [7, 11) is 0. The van der Waals surface area contributed by atoms with Crippen LogP contribution in [-0.4, -0.2) is 34.4 Å². The number of carbonyl (C=O) groups excluding carboxylic acids is 2. The maximum atomic E-state index is 14.5. The SMILES string of the molecule is CCN1C(=O)C(CC)(CC)c2cc(Nc3ncc(F)c(Oc4ccc(C(=O)NC5CC5)cc4)n3)ccc21. The molecular formula is C28H30FN5O3. The van der Waals surface area contributed by atoms with Crippen molar-refractivity contribution in [3.8, 4) is 11.6 Å². The standard InChI is InChI=1S/C28H30FN5O3/c1-4-28(5-2)21-15-19(11-14-23(21)34(6-3)26(28)36)32-27-30-16-22(29)25(33-27)37-20-12-7-17(8-13-20)24(35)31-18-9-10-18/h7-8,11-16,18H,4-6,9-10H2,1-3H3,(H,31,35)(H,30,32,33). The van der Waals surface area contributed by atoms with Crippen molar-refractivity contribution in [1.82, 2.24) is 15.3 Å². The molecule has 3 aromatic rings. The molecule has 37 heavy (non-hydrogen) atoms. The van der Waals surface area contributed by atoms with E-state index in [-0.39, 0.29) is 29.7 Å². The fraction of sp³-hybridized carbons (Fsp3) is 0.357. The minimum atomic E-state index is -0.713. The summed E-state index contributed by atoms with van der Waals surface area (Å²) in [5.74, 6) is -0.461. The molecule has 0 saturated heterocycles. The van der Waals surface area contributed by atoms with Gasteiger partial charge in [0.1, 0.15) is 5.75 Å². The average Bonchev–Trinajstić information content (AvgIpc) is 3.69. The van der Waals surface area contributed by atoms with Crippen LogP contribution in [-0.2, 0) is 10.2 Å². The molecule has 2 aliphatic rings. The number of amides is 2. The number of rotatable bonds is 9. The molecule has 0 atom stereocenters. The van der Waals surface area contributed by atoms with Gasteiger partial charge in [-0.3, -0.25) is 9.59 Å². The van der Waals surface area contributed by atoms with E-state index < -0.39 is 11.2 Å². The van der Waals surface area contributed by atoms with E-state index >= 15 is 0 Å². The minimum Gasteiger partial charge on any atom is -0.436 e. The fourth-order valence-electron chi connectivity index (χ4n) is 4.86. The van der Waals surface area contributed by atoms with Gasteiger partial charge in [0, 0.05) is 29.5 Å². The third-order valence-corrected chi connectivity index (χ3v) is 7.19. The number of nitrogens with one attached hydrogen (secondary N) is 2. The molecule has 5 rings (SSSR count). The number of benzene rings is 2. The zero-order valence-electron chi connectivity index (χ0n) is 21.2. The molecular weight excluding hydrogens is 473 g/mol. The lowest BCUT2D eigenvalue weighted by Gasteiger charge is -2.25. The van der Waals surface area contributed by atoms with E-state index in [9.17, 15) is 14.0 Å². The third-order valence-electron chi connectivity index (χ3n) is 7.19. The van der Waals surface area contributed by atoms with Crippen molar-refractivity contribution in [2.75, 3.05) is 16.8 Å². The molecule has 1 aliphatic heterocycles. The summed E-state index contributed by atoms with van der Waals surface area (Å²) in [5, 5.41) is 6.04. The lowest BCUT2D eigenvalue weighted by molar-refractivity contribution is -0.123. The summed E-state index contributed by atoms with van der Waals surface area (Å²) >= 11 is 0. The Labute approximate surface area is 215 Å². The number of nitrogens with zero attached hydrogens (tertiary/aromatic N) is 3. The Morgan fingerprint density at radius 1 is 1.14 bits per heavy atom. The number of aromatic nitrogens is 2. The van der Waals surface area contributed by atoms with Gasteiger partial charge in [0.15, 0.2) is 0 Å². The maximum absolute atomic E-state index is 14.5.